The van der Waals surface area contributed by atoms with Crippen LogP contribution in [-0.2, 0) is 15.0 Å². The summed E-state index contributed by atoms with van der Waals surface area (Å²) in [5.41, 5.74) is 0.823. The Morgan fingerprint density at radius 3 is 1.95 bits per heavy atom. The summed E-state index contributed by atoms with van der Waals surface area (Å²) in [6.45, 7) is 8.46. The molecular weight excluding hydrogens is 292 g/mol. The topological polar surface area (TPSA) is 96.4 Å². The van der Waals surface area contributed by atoms with Gasteiger partial charge < -0.3 is 24.7 Å². The monoisotopic (exact) mass is 312 g/mol. The molecule has 0 aliphatic rings. The highest BCUT2D eigenvalue weighted by Gasteiger charge is 2.22. The van der Waals surface area contributed by atoms with Gasteiger partial charge >= 0.3 is 0 Å². The number of aryl methyl sites for hydroxylation is 1. The highest BCUT2D eigenvalue weighted by molar-refractivity contribution is 7.15. The smallest absolute Gasteiger partial charge is 0.185 e. The molecule has 1 heterocycles. The standard InChI is InChI=1S/C14H22N2O4S/c1-9-12(14(2,3)4)21-13(15-9)16(7-5-10(17)18)8-6-11(19)20/h5-8H2,1-4H3,(H,17,18)(H,19,20)/p-2. The molecule has 0 aromatic carbocycles. The van der Waals surface area contributed by atoms with Crippen molar-refractivity contribution >= 4 is 28.4 Å². The van der Waals surface area contributed by atoms with Crippen molar-refractivity contribution in [1.29, 1.82) is 0 Å². The largest absolute Gasteiger partial charge is 0.550 e. The molecule has 0 bridgehead atoms. The first kappa shape index (κ1) is 17.4. The van der Waals surface area contributed by atoms with Crippen molar-refractivity contribution in [3.63, 3.8) is 0 Å². The Labute approximate surface area is 128 Å². The summed E-state index contributed by atoms with van der Waals surface area (Å²) < 4.78 is 0. The van der Waals surface area contributed by atoms with Crippen molar-refractivity contribution in [2.75, 3.05) is 18.0 Å². The third-order valence-electron chi connectivity index (χ3n) is 2.91. The van der Waals surface area contributed by atoms with Crippen LogP contribution in [0.1, 0.15) is 44.2 Å². The van der Waals surface area contributed by atoms with Crippen LogP contribution < -0.4 is 15.1 Å². The average Bonchev–Trinajstić information content (AvgIpc) is 2.70. The van der Waals surface area contributed by atoms with Gasteiger partial charge in [-0.1, -0.05) is 20.8 Å². The zero-order valence-corrected chi connectivity index (χ0v) is 13.6. The summed E-state index contributed by atoms with van der Waals surface area (Å²) in [7, 11) is 0. The molecule has 0 atom stereocenters. The molecule has 0 amide bonds. The highest BCUT2D eigenvalue weighted by Crippen LogP contribution is 2.35. The van der Waals surface area contributed by atoms with Crippen LogP contribution in [-0.4, -0.2) is 30.0 Å². The quantitative estimate of drug-likeness (QED) is 0.694. The van der Waals surface area contributed by atoms with Crippen molar-refractivity contribution in [2.45, 2.75) is 46.0 Å². The maximum absolute atomic E-state index is 10.6. The number of hydrogen-bond donors (Lipinski definition) is 0. The number of rotatable bonds is 7. The summed E-state index contributed by atoms with van der Waals surface area (Å²) >= 11 is 1.47. The summed E-state index contributed by atoms with van der Waals surface area (Å²) in [5, 5.41) is 21.9. The number of aromatic nitrogens is 1. The number of thiazole rings is 1. The number of carboxylic acids is 2. The molecule has 6 nitrogen and oxygen atoms in total. The molecule has 21 heavy (non-hydrogen) atoms. The minimum absolute atomic E-state index is 0.0611. The Bertz CT molecular complexity index is 502. The van der Waals surface area contributed by atoms with Gasteiger partial charge in [0.2, 0.25) is 0 Å². The van der Waals surface area contributed by atoms with Gasteiger partial charge in [-0.25, -0.2) is 4.98 Å². The van der Waals surface area contributed by atoms with Gasteiger partial charge in [-0.2, -0.15) is 0 Å². The Hall–Kier alpha value is -1.63. The van der Waals surface area contributed by atoms with Gasteiger partial charge in [0, 0.05) is 42.7 Å². The predicted molar refractivity (Wildman–Crippen MR) is 77.0 cm³/mol. The third kappa shape index (κ3) is 5.34. The van der Waals surface area contributed by atoms with Crippen LogP contribution in [0.5, 0.6) is 0 Å². The molecule has 0 saturated carbocycles. The van der Waals surface area contributed by atoms with Gasteiger partial charge in [0.1, 0.15) is 0 Å². The molecule has 0 spiro atoms. The van der Waals surface area contributed by atoms with E-state index in [1.165, 1.54) is 11.3 Å². The van der Waals surface area contributed by atoms with Gasteiger partial charge in [0.25, 0.3) is 0 Å². The molecular formula is C14H20N2O4S-2. The Balaban J connectivity index is 2.96. The molecule has 0 unspecified atom stereocenters. The first-order valence-electron chi connectivity index (χ1n) is 6.74. The van der Waals surface area contributed by atoms with E-state index < -0.39 is 11.9 Å². The number of nitrogens with zero attached hydrogens (tertiary/aromatic N) is 2. The predicted octanol–water partition coefficient (Wildman–Crippen LogP) is -0.165. The third-order valence-corrected chi connectivity index (χ3v) is 4.55. The number of hydrogen-bond acceptors (Lipinski definition) is 7. The van der Waals surface area contributed by atoms with Gasteiger partial charge in [0.15, 0.2) is 5.13 Å². The second kappa shape index (κ2) is 6.89. The minimum atomic E-state index is -1.17. The fraction of sp³-hybridized carbons (Fsp3) is 0.643. The van der Waals surface area contributed by atoms with E-state index in [9.17, 15) is 19.8 Å². The molecule has 0 radical (unpaired) electrons. The SMILES string of the molecule is Cc1nc(N(CCC(=O)[O-])CCC(=O)[O-])sc1C(C)(C)C. The van der Waals surface area contributed by atoms with Gasteiger partial charge in [-0.15, -0.1) is 11.3 Å². The van der Waals surface area contributed by atoms with Crippen molar-refractivity contribution in [2.24, 2.45) is 0 Å². The van der Waals surface area contributed by atoms with Crippen LogP contribution in [0.2, 0.25) is 0 Å². The second-order valence-corrected chi connectivity index (χ2v) is 6.87. The van der Waals surface area contributed by atoms with Crippen molar-refractivity contribution in [3.8, 4) is 0 Å². The van der Waals surface area contributed by atoms with Gasteiger partial charge in [-0.05, 0) is 12.3 Å². The molecule has 1 rings (SSSR count). The fourth-order valence-corrected chi connectivity index (χ4v) is 3.15. The van der Waals surface area contributed by atoms with Crippen LogP contribution in [0.15, 0.2) is 0 Å². The van der Waals surface area contributed by atoms with Crippen molar-refractivity contribution < 1.29 is 19.8 Å². The van der Waals surface area contributed by atoms with Gasteiger partial charge in [0.05, 0.1) is 5.69 Å². The molecule has 0 aliphatic heterocycles. The Morgan fingerprint density at radius 1 is 1.14 bits per heavy atom. The lowest BCUT2D eigenvalue weighted by Crippen LogP contribution is -2.34. The molecule has 1 aromatic rings. The van der Waals surface area contributed by atoms with E-state index in [-0.39, 0.29) is 31.3 Å². The minimum Gasteiger partial charge on any atom is -0.550 e. The zero-order valence-electron chi connectivity index (χ0n) is 12.8. The van der Waals surface area contributed by atoms with E-state index in [4.69, 9.17) is 0 Å². The molecule has 1 aromatic heterocycles. The van der Waals surface area contributed by atoms with Crippen molar-refractivity contribution in [3.05, 3.63) is 10.6 Å². The first-order chi connectivity index (χ1) is 9.61. The number of anilines is 1. The number of carbonyl (C=O) groups is 2. The van der Waals surface area contributed by atoms with Crippen LogP contribution in [0, 0.1) is 6.92 Å². The Morgan fingerprint density at radius 2 is 1.62 bits per heavy atom. The number of aliphatic carboxylic acids is 2. The molecule has 0 saturated heterocycles. The first-order valence-corrected chi connectivity index (χ1v) is 7.55. The lowest BCUT2D eigenvalue weighted by Gasteiger charge is -2.22. The molecule has 0 aliphatic carbocycles. The lowest BCUT2D eigenvalue weighted by atomic mass is 9.94. The molecule has 0 fully saturated rings. The van der Waals surface area contributed by atoms with E-state index in [0.717, 1.165) is 10.6 Å². The fourth-order valence-electron chi connectivity index (χ4n) is 1.97. The number of carbonyl (C=O) groups excluding carboxylic acids is 2. The summed E-state index contributed by atoms with van der Waals surface area (Å²) in [4.78, 5) is 28.5. The van der Waals surface area contributed by atoms with E-state index in [1.54, 1.807) is 4.90 Å². The highest BCUT2D eigenvalue weighted by atomic mass is 32.1. The van der Waals surface area contributed by atoms with E-state index >= 15 is 0 Å². The molecule has 118 valence electrons. The summed E-state index contributed by atoms with van der Waals surface area (Å²) in [6, 6.07) is 0. The molecule has 7 heteroatoms. The van der Waals surface area contributed by atoms with Crippen LogP contribution >= 0.6 is 11.3 Å². The Kier molecular flexibility index (Phi) is 5.71. The maximum Gasteiger partial charge on any atom is 0.185 e. The summed E-state index contributed by atoms with van der Waals surface area (Å²) in [5.74, 6) is -2.34. The molecule has 0 N–H and O–H groups in total. The van der Waals surface area contributed by atoms with E-state index in [0.29, 0.717) is 5.13 Å². The normalized spacial score (nSPS) is 11.4. The van der Waals surface area contributed by atoms with Crippen LogP contribution in [0.4, 0.5) is 5.13 Å². The van der Waals surface area contributed by atoms with Crippen LogP contribution in [0.3, 0.4) is 0 Å². The van der Waals surface area contributed by atoms with Gasteiger partial charge in [-0.3, -0.25) is 0 Å². The zero-order chi connectivity index (χ0) is 16.2. The second-order valence-electron chi connectivity index (χ2n) is 5.89. The number of carboxylic acid groups (broad SMARTS) is 2. The average molecular weight is 312 g/mol. The van der Waals surface area contributed by atoms with Crippen LogP contribution in [0.25, 0.3) is 0 Å². The lowest BCUT2D eigenvalue weighted by molar-refractivity contribution is -0.306. The maximum atomic E-state index is 10.6. The van der Waals surface area contributed by atoms with Crippen molar-refractivity contribution in [1.82, 2.24) is 4.98 Å². The van der Waals surface area contributed by atoms with E-state index in [2.05, 4.69) is 25.8 Å². The van der Waals surface area contributed by atoms with E-state index in [1.807, 2.05) is 6.92 Å². The summed E-state index contributed by atoms with van der Waals surface area (Å²) in [6.07, 6.45) is -0.340.